The zero-order valence-corrected chi connectivity index (χ0v) is 12.2. The predicted octanol–water partition coefficient (Wildman–Crippen LogP) is 2.21. The van der Waals surface area contributed by atoms with Crippen molar-refractivity contribution >= 4 is 5.91 Å². The third kappa shape index (κ3) is 2.16. The smallest absolute Gasteiger partial charge is 0.225 e. The van der Waals surface area contributed by atoms with Crippen molar-refractivity contribution in [1.82, 2.24) is 9.80 Å². The summed E-state index contributed by atoms with van der Waals surface area (Å²) in [6.45, 7) is 4.27. The van der Waals surface area contributed by atoms with E-state index in [0.717, 1.165) is 25.4 Å². The molecule has 1 amide bonds. The number of amides is 1. The minimum atomic E-state index is -0.724. The lowest BCUT2D eigenvalue weighted by Crippen LogP contribution is -2.49. The maximum atomic E-state index is 12.9. The molecule has 1 atom stereocenters. The number of likely N-dealkylation sites (tertiary alicyclic amines) is 2. The van der Waals surface area contributed by atoms with Crippen LogP contribution in [0.2, 0.25) is 0 Å². The molecule has 2 aliphatic heterocycles. The van der Waals surface area contributed by atoms with E-state index >= 15 is 0 Å². The standard InChI is InChI=1S/C16H25FN2O/c17-14-8-13(9-14)15(20)18-7-5-16(11-18)4-1-6-19(16)10-12-2-3-12/h12-14H,1-11H2. The number of alkyl halides is 1. The first kappa shape index (κ1) is 13.1. The Kier molecular flexibility index (Phi) is 3.06. The molecule has 4 rings (SSSR count). The summed E-state index contributed by atoms with van der Waals surface area (Å²) < 4.78 is 12.9. The van der Waals surface area contributed by atoms with Crippen LogP contribution in [0.3, 0.4) is 0 Å². The van der Waals surface area contributed by atoms with Gasteiger partial charge in [0.25, 0.3) is 0 Å². The normalized spacial score (nSPS) is 41.4. The number of halogens is 1. The van der Waals surface area contributed by atoms with Gasteiger partial charge in [-0.25, -0.2) is 4.39 Å². The summed E-state index contributed by atoms with van der Waals surface area (Å²) in [5.41, 5.74) is 0.275. The summed E-state index contributed by atoms with van der Waals surface area (Å²) in [5, 5.41) is 0. The molecule has 0 N–H and O–H groups in total. The minimum Gasteiger partial charge on any atom is -0.341 e. The van der Waals surface area contributed by atoms with Gasteiger partial charge in [-0.2, -0.15) is 0 Å². The van der Waals surface area contributed by atoms with E-state index in [-0.39, 0.29) is 17.4 Å². The molecule has 20 heavy (non-hydrogen) atoms. The molecule has 1 unspecified atom stereocenters. The topological polar surface area (TPSA) is 23.6 Å². The molecule has 2 saturated carbocycles. The van der Waals surface area contributed by atoms with Crippen LogP contribution in [0.5, 0.6) is 0 Å². The van der Waals surface area contributed by atoms with Crippen molar-refractivity contribution in [1.29, 1.82) is 0 Å². The third-order valence-electron chi connectivity index (χ3n) is 5.99. The van der Waals surface area contributed by atoms with Crippen molar-refractivity contribution < 1.29 is 9.18 Å². The number of carbonyl (C=O) groups is 1. The molecule has 4 fully saturated rings. The SMILES string of the molecule is O=C(C1CC(F)C1)N1CCC2(CCCN2CC2CC2)C1. The van der Waals surface area contributed by atoms with E-state index in [0.29, 0.717) is 12.8 Å². The van der Waals surface area contributed by atoms with Gasteiger partial charge in [-0.3, -0.25) is 9.69 Å². The fraction of sp³-hybridized carbons (Fsp3) is 0.938. The van der Waals surface area contributed by atoms with Gasteiger partial charge < -0.3 is 4.90 Å². The molecule has 0 bridgehead atoms. The van der Waals surface area contributed by atoms with Gasteiger partial charge in [0.2, 0.25) is 5.91 Å². The lowest BCUT2D eigenvalue weighted by molar-refractivity contribution is -0.139. The summed E-state index contributed by atoms with van der Waals surface area (Å²) in [4.78, 5) is 17.1. The van der Waals surface area contributed by atoms with Gasteiger partial charge in [0.1, 0.15) is 6.17 Å². The molecular formula is C16H25FN2O. The molecule has 0 aromatic rings. The fourth-order valence-corrected chi connectivity index (χ4v) is 4.41. The molecule has 4 aliphatic rings. The van der Waals surface area contributed by atoms with Crippen molar-refractivity contribution in [2.45, 2.75) is 56.7 Å². The summed E-state index contributed by atoms with van der Waals surface area (Å²) >= 11 is 0. The van der Waals surface area contributed by atoms with Crippen molar-refractivity contribution in [2.24, 2.45) is 11.8 Å². The average molecular weight is 280 g/mol. The van der Waals surface area contributed by atoms with E-state index in [9.17, 15) is 9.18 Å². The summed E-state index contributed by atoms with van der Waals surface area (Å²) in [6.07, 6.45) is 6.67. The van der Waals surface area contributed by atoms with Crippen LogP contribution in [0.1, 0.15) is 44.9 Å². The number of carbonyl (C=O) groups excluding carboxylic acids is 1. The average Bonchev–Trinajstić information content (AvgIpc) is 2.98. The highest BCUT2D eigenvalue weighted by Crippen LogP contribution is 2.42. The Morgan fingerprint density at radius 3 is 2.70 bits per heavy atom. The maximum Gasteiger partial charge on any atom is 0.225 e. The quantitative estimate of drug-likeness (QED) is 0.791. The Labute approximate surface area is 120 Å². The van der Waals surface area contributed by atoms with E-state index < -0.39 is 6.17 Å². The second-order valence-electron chi connectivity index (χ2n) is 7.49. The second-order valence-corrected chi connectivity index (χ2v) is 7.49. The Bertz CT molecular complexity index is 405. The first-order valence-electron chi connectivity index (χ1n) is 8.34. The van der Waals surface area contributed by atoms with E-state index in [4.69, 9.17) is 0 Å². The molecule has 112 valence electrons. The van der Waals surface area contributed by atoms with Crippen molar-refractivity contribution in [3.05, 3.63) is 0 Å². The van der Waals surface area contributed by atoms with Crippen molar-refractivity contribution in [3.63, 3.8) is 0 Å². The molecule has 3 nitrogen and oxygen atoms in total. The number of nitrogens with zero attached hydrogens (tertiary/aromatic N) is 2. The highest BCUT2D eigenvalue weighted by molar-refractivity contribution is 5.80. The fourth-order valence-electron chi connectivity index (χ4n) is 4.41. The van der Waals surface area contributed by atoms with Gasteiger partial charge in [0.15, 0.2) is 0 Å². The molecule has 0 aromatic carbocycles. The van der Waals surface area contributed by atoms with E-state index in [1.54, 1.807) is 0 Å². The molecule has 2 aliphatic carbocycles. The monoisotopic (exact) mass is 280 g/mol. The molecule has 1 spiro atoms. The lowest BCUT2D eigenvalue weighted by Gasteiger charge is -2.36. The first-order valence-corrected chi connectivity index (χ1v) is 8.34. The van der Waals surface area contributed by atoms with Crippen LogP contribution < -0.4 is 0 Å². The number of hydrogen-bond donors (Lipinski definition) is 0. The Morgan fingerprint density at radius 1 is 1.20 bits per heavy atom. The Morgan fingerprint density at radius 2 is 2.00 bits per heavy atom. The molecule has 0 radical (unpaired) electrons. The zero-order chi connectivity index (χ0) is 13.7. The Hall–Kier alpha value is -0.640. The van der Waals surface area contributed by atoms with Crippen LogP contribution in [-0.2, 0) is 4.79 Å². The van der Waals surface area contributed by atoms with Crippen LogP contribution >= 0.6 is 0 Å². The van der Waals surface area contributed by atoms with E-state index in [2.05, 4.69) is 4.90 Å². The van der Waals surface area contributed by atoms with Crippen LogP contribution in [0, 0.1) is 11.8 Å². The van der Waals surface area contributed by atoms with Crippen LogP contribution in [0.25, 0.3) is 0 Å². The van der Waals surface area contributed by atoms with Gasteiger partial charge in [-0.15, -0.1) is 0 Å². The van der Waals surface area contributed by atoms with E-state index in [1.807, 2.05) is 4.90 Å². The van der Waals surface area contributed by atoms with Gasteiger partial charge in [0, 0.05) is 31.1 Å². The number of rotatable bonds is 3. The van der Waals surface area contributed by atoms with Crippen molar-refractivity contribution in [3.8, 4) is 0 Å². The van der Waals surface area contributed by atoms with Crippen molar-refractivity contribution in [2.75, 3.05) is 26.2 Å². The molecule has 2 heterocycles. The molecule has 2 saturated heterocycles. The lowest BCUT2D eigenvalue weighted by atomic mass is 9.82. The highest BCUT2D eigenvalue weighted by atomic mass is 19.1. The second kappa shape index (κ2) is 4.69. The molecular weight excluding hydrogens is 255 g/mol. The van der Waals surface area contributed by atoms with Crippen LogP contribution in [0.4, 0.5) is 4.39 Å². The molecule has 4 heteroatoms. The summed E-state index contributed by atoms with van der Waals surface area (Å²) in [5.74, 6) is 1.14. The zero-order valence-electron chi connectivity index (χ0n) is 12.2. The van der Waals surface area contributed by atoms with Crippen LogP contribution in [0.15, 0.2) is 0 Å². The Balaban J connectivity index is 1.39. The van der Waals surface area contributed by atoms with Gasteiger partial charge in [0.05, 0.1) is 0 Å². The third-order valence-corrected chi connectivity index (χ3v) is 5.99. The summed E-state index contributed by atoms with van der Waals surface area (Å²) in [7, 11) is 0. The summed E-state index contributed by atoms with van der Waals surface area (Å²) in [6, 6.07) is 0. The van der Waals surface area contributed by atoms with Crippen LogP contribution in [-0.4, -0.2) is 53.6 Å². The predicted molar refractivity (Wildman–Crippen MR) is 75.1 cm³/mol. The van der Waals surface area contributed by atoms with Gasteiger partial charge >= 0.3 is 0 Å². The van der Waals surface area contributed by atoms with E-state index in [1.165, 1.54) is 38.8 Å². The highest BCUT2D eigenvalue weighted by Gasteiger charge is 2.49. The van der Waals surface area contributed by atoms with Gasteiger partial charge in [-0.1, -0.05) is 0 Å². The minimum absolute atomic E-state index is 0.0153. The largest absolute Gasteiger partial charge is 0.341 e. The number of hydrogen-bond acceptors (Lipinski definition) is 2. The van der Waals surface area contributed by atoms with Gasteiger partial charge in [-0.05, 0) is 57.4 Å². The maximum absolute atomic E-state index is 12.9. The first-order chi connectivity index (χ1) is 9.66. The molecule has 0 aromatic heterocycles.